The summed E-state index contributed by atoms with van der Waals surface area (Å²) < 4.78 is 7.95. The highest BCUT2D eigenvalue weighted by molar-refractivity contribution is 6.06. The quantitative estimate of drug-likeness (QED) is 0.301. The molecule has 0 atom stereocenters. The van der Waals surface area contributed by atoms with Gasteiger partial charge in [-0.1, -0.05) is 43.0 Å². The third kappa shape index (κ3) is 3.68. The second-order valence-electron chi connectivity index (χ2n) is 7.61. The van der Waals surface area contributed by atoms with E-state index in [0.29, 0.717) is 16.7 Å². The summed E-state index contributed by atoms with van der Waals surface area (Å²) >= 11 is 0. The molecule has 0 unspecified atom stereocenters. The van der Waals surface area contributed by atoms with E-state index < -0.39 is 0 Å². The Morgan fingerprint density at radius 2 is 1.61 bits per heavy atom. The molecule has 0 fully saturated rings. The number of benzene rings is 3. The van der Waals surface area contributed by atoms with Crippen LogP contribution in [0.15, 0.2) is 84.3 Å². The first-order chi connectivity index (χ1) is 14.9. The summed E-state index contributed by atoms with van der Waals surface area (Å²) in [7, 11) is 1.73. The van der Waals surface area contributed by atoms with Crippen molar-refractivity contribution in [2.75, 3.05) is 0 Å². The standard InChI is InChI=1S/C27H23NO3/c1-5-24(29)19-13-14-25(31-26-17(2)9-8-10-18(26)3)22(15-19)23-16-28(4)27(30)21-12-7-6-11-20(21)23/h5-16H,1H2,2-4H3. The molecule has 1 aromatic heterocycles. The lowest BCUT2D eigenvalue weighted by Crippen LogP contribution is -2.16. The molecular formula is C27H23NO3. The zero-order chi connectivity index (χ0) is 22.1. The largest absolute Gasteiger partial charge is 0.456 e. The van der Waals surface area contributed by atoms with Crippen molar-refractivity contribution in [2.45, 2.75) is 13.8 Å². The number of para-hydroxylation sites is 1. The average molecular weight is 409 g/mol. The lowest BCUT2D eigenvalue weighted by atomic mass is 9.97. The van der Waals surface area contributed by atoms with Crippen molar-refractivity contribution in [3.8, 4) is 22.6 Å². The van der Waals surface area contributed by atoms with Crippen LogP contribution in [0.25, 0.3) is 21.9 Å². The molecule has 4 rings (SSSR count). The molecule has 3 aromatic carbocycles. The predicted molar refractivity (Wildman–Crippen MR) is 125 cm³/mol. The van der Waals surface area contributed by atoms with Crippen LogP contribution in [0.4, 0.5) is 0 Å². The van der Waals surface area contributed by atoms with Gasteiger partial charge in [0.25, 0.3) is 5.56 Å². The van der Waals surface area contributed by atoms with Gasteiger partial charge in [0.05, 0.1) is 0 Å². The molecule has 4 nitrogen and oxygen atoms in total. The number of ether oxygens (including phenoxy) is 1. The lowest BCUT2D eigenvalue weighted by Gasteiger charge is -2.17. The predicted octanol–water partition coefficient (Wildman–Crippen LogP) is 5.98. The Labute approximate surface area is 181 Å². The van der Waals surface area contributed by atoms with E-state index in [1.807, 2.05) is 56.3 Å². The summed E-state index contributed by atoms with van der Waals surface area (Å²) in [5.74, 6) is 1.22. The topological polar surface area (TPSA) is 48.3 Å². The zero-order valence-corrected chi connectivity index (χ0v) is 17.8. The van der Waals surface area contributed by atoms with Crippen LogP contribution >= 0.6 is 0 Å². The van der Waals surface area contributed by atoms with Crippen molar-refractivity contribution in [1.82, 2.24) is 4.57 Å². The normalized spacial score (nSPS) is 10.8. The van der Waals surface area contributed by atoms with Gasteiger partial charge in [-0.3, -0.25) is 9.59 Å². The molecule has 0 amide bonds. The molecule has 0 saturated heterocycles. The Bertz CT molecular complexity index is 1380. The third-order valence-electron chi connectivity index (χ3n) is 5.45. The molecule has 0 aliphatic heterocycles. The van der Waals surface area contributed by atoms with Gasteiger partial charge in [-0.2, -0.15) is 0 Å². The smallest absolute Gasteiger partial charge is 0.258 e. The maximum Gasteiger partial charge on any atom is 0.258 e. The number of hydrogen-bond acceptors (Lipinski definition) is 3. The number of aromatic nitrogens is 1. The first kappa shape index (κ1) is 20.4. The molecule has 0 aliphatic rings. The first-order valence-corrected chi connectivity index (χ1v) is 10.0. The molecule has 154 valence electrons. The fraction of sp³-hybridized carbons (Fsp3) is 0.111. The van der Waals surface area contributed by atoms with Crippen LogP contribution in [0.1, 0.15) is 21.5 Å². The van der Waals surface area contributed by atoms with E-state index in [2.05, 4.69) is 6.58 Å². The summed E-state index contributed by atoms with van der Waals surface area (Å²) in [6, 6.07) is 18.8. The second-order valence-corrected chi connectivity index (χ2v) is 7.61. The second kappa shape index (κ2) is 8.07. The number of ketones is 1. The molecule has 31 heavy (non-hydrogen) atoms. The van der Waals surface area contributed by atoms with E-state index in [4.69, 9.17) is 4.74 Å². The highest BCUT2D eigenvalue weighted by atomic mass is 16.5. The van der Waals surface area contributed by atoms with Crippen molar-refractivity contribution in [1.29, 1.82) is 0 Å². The summed E-state index contributed by atoms with van der Waals surface area (Å²) in [6.45, 7) is 7.60. The van der Waals surface area contributed by atoms with Gasteiger partial charge < -0.3 is 9.30 Å². The minimum absolute atomic E-state index is 0.0742. The average Bonchev–Trinajstić information content (AvgIpc) is 2.78. The van der Waals surface area contributed by atoms with Crippen LogP contribution in [0.5, 0.6) is 11.5 Å². The van der Waals surface area contributed by atoms with Gasteiger partial charge in [0.1, 0.15) is 11.5 Å². The molecule has 0 radical (unpaired) electrons. The molecule has 0 aliphatic carbocycles. The van der Waals surface area contributed by atoms with E-state index in [-0.39, 0.29) is 11.3 Å². The Morgan fingerprint density at radius 1 is 0.935 bits per heavy atom. The minimum Gasteiger partial charge on any atom is -0.456 e. The number of aryl methyl sites for hydroxylation is 3. The number of hydrogen-bond donors (Lipinski definition) is 0. The third-order valence-corrected chi connectivity index (χ3v) is 5.45. The molecule has 4 aromatic rings. The van der Waals surface area contributed by atoms with E-state index in [9.17, 15) is 9.59 Å². The maximum absolute atomic E-state index is 12.7. The van der Waals surface area contributed by atoms with Gasteiger partial charge in [0, 0.05) is 35.3 Å². The Balaban J connectivity index is 2.01. The van der Waals surface area contributed by atoms with Crippen molar-refractivity contribution in [2.24, 2.45) is 7.05 Å². The van der Waals surface area contributed by atoms with Crippen LogP contribution < -0.4 is 10.3 Å². The fourth-order valence-electron chi connectivity index (χ4n) is 3.80. The molecule has 0 spiro atoms. The van der Waals surface area contributed by atoms with Crippen LogP contribution in [0, 0.1) is 13.8 Å². The molecule has 0 bridgehead atoms. The SMILES string of the molecule is C=CC(=O)c1ccc(Oc2c(C)cccc2C)c(-c2cn(C)c(=O)c3ccccc23)c1. The summed E-state index contributed by atoms with van der Waals surface area (Å²) in [5.41, 5.74) is 4.02. The van der Waals surface area contributed by atoms with Gasteiger partial charge in [0.2, 0.25) is 0 Å². The molecule has 1 heterocycles. The van der Waals surface area contributed by atoms with Crippen molar-refractivity contribution < 1.29 is 9.53 Å². The molecular weight excluding hydrogens is 386 g/mol. The van der Waals surface area contributed by atoms with Gasteiger partial charge in [0.15, 0.2) is 5.78 Å². The number of carbonyl (C=O) groups is 1. The van der Waals surface area contributed by atoms with Gasteiger partial charge >= 0.3 is 0 Å². The van der Waals surface area contributed by atoms with Crippen LogP contribution in [0.3, 0.4) is 0 Å². The number of rotatable bonds is 5. The monoisotopic (exact) mass is 409 g/mol. The van der Waals surface area contributed by atoms with E-state index in [0.717, 1.165) is 33.4 Å². The van der Waals surface area contributed by atoms with Crippen molar-refractivity contribution >= 4 is 16.6 Å². The number of pyridine rings is 1. The van der Waals surface area contributed by atoms with Crippen LogP contribution in [0.2, 0.25) is 0 Å². The maximum atomic E-state index is 12.7. The van der Waals surface area contributed by atoms with E-state index >= 15 is 0 Å². The minimum atomic E-state index is -0.172. The summed E-state index contributed by atoms with van der Waals surface area (Å²) in [6.07, 6.45) is 3.09. The van der Waals surface area contributed by atoms with Crippen molar-refractivity contribution in [3.63, 3.8) is 0 Å². The number of allylic oxidation sites excluding steroid dienone is 1. The van der Waals surface area contributed by atoms with Crippen LogP contribution in [-0.4, -0.2) is 10.4 Å². The van der Waals surface area contributed by atoms with Crippen molar-refractivity contribution in [3.05, 3.63) is 107 Å². The van der Waals surface area contributed by atoms with Gasteiger partial charge in [-0.25, -0.2) is 0 Å². The molecule has 0 saturated carbocycles. The summed E-state index contributed by atoms with van der Waals surface area (Å²) in [5, 5.41) is 1.42. The fourth-order valence-corrected chi connectivity index (χ4v) is 3.80. The Kier molecular flexibility index (Phi) is 5.30. The molecule has 0 N–H and O–H groups in total. The number of fused-ring (bicyclic) bond motifs is 1. The highest BCUT2D eigenvalue weighted by Gasteiger charge is 2.17. The summed E-state index contributed by atoms with van der Waals surface area (Å²) in [4.78, 5) is 25.0. The van der Waals surface area contributed by atoms with E-state index in [1.165, 1.54) is 6.08 Å². The lowest BCUT2D eigenvalue weighted by molar-refractivity contribution is 0.104. The number of carbonyl (C=O) groups excluding carboxylic acids is 1. The van der Waals surface area contributed by atoms with Gasteiger partial charge in [-0.15, -0.1) is 0 Å². The highest BCUT2D eigenvalue weighted by Crippen LogP contribution is 2.39. The van der Waals surface area contributed by atoms with Gasteiger partial charge in [-0.05, 0) is 60.7 Å². The zero-order valence-electron chi connectivity index (χ0n) is 17.8. The Morgan fingerprint density at radius 3 is 2.29 bits per heavy atom. The Hall–Kier alpha value is -3.92. The van der Waals surface area contributed by atoms with Crippen LogP contribution in [-0.2, 0) is 7.05 Å². The number of nitrogens with zero attached hydrogens (tertiary/aromatic N) is 1. The molecule has 4 heteroatoms. The van der Waals surface area contributed by atoms with E-state index in [1.54, 1.807) is 36.0 Å². The first-order valence-electron chi connectivity index (χ1n) is 10.0.